The number of nitrogens with zero attached hydrogens (tertiary/aromatic N) is 5. The lowest BCUT2D eigenvalue weighted by Gasteiger charge is -2.47. The lowest BCUT2D eigenvalue weighted by molar-refractivity contribution is -0.144. The quantitative estimate of drug-likeness (QED) is 0.213. The van der Waals surface area contributed by atoms with E-state index < -0.39 is 39.5 Å². The summed E-state index contributed by atoms with van der Waals surface area (Å²) >= 11 is 2.36. The zero-order valence-corrected chi connectivity index (χ0v) is 15.2. The van der Waals surface area contributed by atoms with Crippen molar-refractivity contribution in [1.82, 2.24) is 25.1 Å². The highest BCUT2D eigenvalue weighted by Gasteiger charge is 2.51. The van der Waals surface area contributed by atoms with Gasteiger partial charge in [-0.25, -0.2) is 9.48 Å². The van der Waals surface area contributed by atoms with Gasteiger partial charge in [-0.1, -0.05) is 11.8 Å². The molecule has 1 saturated heterocycles. The number of carbonyl (C=O) groups excluding carboxylic acids is 1. The zero-order chi connectivity index (χ0) is 19.1. The Kier molecular flexibility index (Phi) is 5.11. The number of thioether (sulfide) groups is 2. The number of carboxylic acid groups (broad SMARTS) is 1. The monoisotopic (exact) mass is 424 g/mol. The van der Waals surface area contributed by atoms with E-state index in [0.29, 0.717) is 11.3 Å². The minimum Gasteiger partial charge on any atom is -0.449 e. The maximum absolute atomic E-state index is 11.9. The van der Waals surface area contributed by atoms with E-state index >= 15 is 0 Å². The number of carbonyl (C=O) groups is 2. The van der Waals surface area contributed by atoms with Gasteiger partial charge in [-0.3, -0.25) is 14.2 Å². The number of hydrogen-bond acceptors (Lipinski definition) is 11. The normalized spacial score (nSPS) is 22.8. The highest BCUT2D eigenvalue weighted by molar-refractivity contribution is 8.01. The average molecular weight is 424 g/mol. The molecule has 2 atom stereocenters. The summed E-state index contributed by atoms with van der Waals surface area (Å²) in [5.41, 5.74) is 6.18. The van der Waals surface area contributed by atoms with E-state index in [1.165, 1.54) is 16.7 Å². The van der Waals surface area contributed by atoms with Crippen LogP contribution in [0.5, 0.6) is 0 Å². The molecule has 26 heavy (non-hydrogen) atoms. The van der Waals surface area contributed by atoms with Gasteiger partial charge in [-0.2, -0.15) is 8.42 Å². The van der Waals surface area contributed by atoms with Crippen LogP contribution in [-0.4, -0.2) is 78.2 Å². The molecule has 13 nitrogen and oxygen atoms in total. The first-order chi connectivity index (χ1) is 12.2. The van der Waals surface area contributed by atoms with E-state index in [9.17, 15) is 18.0 Å². The van der Waals surface area contributed by atoms with Crippen molar-refractivity contribution >= 4 is 45.7 Å². The number of β-lactam (4-membered cyclic amide) rings is 1. The largest absolute Gasteiger partial charge is 0.512 e. The Hall–Kier alpha value is -1.88. The van der Waals surface area contributed by atoms with Crippen LogP contribution in [-0.2, 0) is 25.5 Å². The number of nitrogens with two attached hydrogens (primary N) is 1. The van der Waals surface area contributed by atoms with Crippen molar-refractivity contribution in [3.05, 3.63) is 11.5 Å². The third-order valence-electron chi connectivity index (χ3n) is 3.38. The Morgan fingerprint density at radius 3 is 2.88 bits per heavy atom. The zero-order valence-electron chi connectivity index (χ0n) is 12.7. The number of hydrogen-bond donors (Lipinski definition) is 3. The summed E-state index contributed by atoms with van der Waals surface area (Å²) in [6.07, 6.45) is -1.57. The van der Waals surface area contributed by atoms with Gasteiger partial charge in [0.05, 0.1) is 0 Å². The van der Waals surface area contributed by atoms with Crippen molar-refractivity contribution in [1.29, 1.82) is 0 Å². The molecule has 16 heteroatoms. The lowest BCUT2D eigenvalue weighted by Crippen LogP contribution is -2.68. The van der Waals surface area contributed by atoms with Gasteiger partial charge < -0.3 is 15.6 Å². The number of ether oxygens (including phenoxy) is 1. The highest BCUT2D eigenvalue weighted by Crippen LogP contribution is 2.40. The van der Waals surface area contributed by atoms with Gasteiger partial charge in [0.15, 0.2) is 5.88 Å². The van der Waals surface area contributed by atoms with Gasteiger partial charge in [0.2, 0.25) is 16.9 Å². The predicted molar refractivity (Wildman–Crippen MR) is 87.3 cm³/mol. The Bertz CT molecular complexity index is 883. The molecule has 1 aromatic heterocycles. The lowest BCUT2D eigenvalue weighted by atomic mass is 10.1. The second kappa shape index (κ2) is 7.03. The number of tetrazole rings is 1. The first-order valence-electron chi connectivity index (χ1n) is 6.84. The summed E-state index contributed by atoms with van der Waals surface area (Å²) in [4.78, 5) is 24.1. The Labute approximate surface area is 154 Å². The molecule has 142 valence electrons. The molecule has 0 radical (unpaired) electrons. The van der Waals surface area contributed by atoms with Crippen LogP contribution in [0.2, 0.25) is 0 Å². The van der Waals surface area contributed by atoms with Gasteiger partial charge in [-0.05, 0) is 10.4 Å². The first kappa shape index (κ1) is 18.9. The Balaban J connectivity index is 1.79. The average Bonchev–Trinajstić information content (AvgIpc) is 2.97. The number of aromatic nitrogens is 4. The fraction of sp³-hybridized carbons (Fsp3) is 0.500. The van der Waals surface area contributed by atoms with Crippen LogP contribution in [0.15, 0.2) is 16.6 Å². The van der Waals surface area contributed by atoms with Crippen molar-refractivity contribution in [2.75, 3.05) is 11.5 Å². The van der Waals surface area contributed by atoms with Gasteiger partial charge >= 0.3 is 6.16 Å². The van der Waals surface area contributed by atoms with Crippen LogP contribution in [0.3, 0.4) is 0 Å². The van der Waals surface area contributed by atoms with Gasteiger partial charge in [0.25, 0.3) is 10.1 Å². The van der Waals surface area contributed by atoms with E-state index in [4.69, 9.17) is 20.1 Å². The smallest absolute Gasteiger partial charge is 0.449 e. The third-order valence-corrected chi connectivity index (χ3v) is 6.35. The van der Waals surface area contributed by atoms with Crippen LogP contribution in [0.4, 0.5) is 4.79 Å². The highest BCUT2D eigenvalue weighted by atomic mass is 32.2. The molecule has 4 N–H and O–H groups in total. The minimum atomic E-state index is -4.34. The molecule has 2 aliphatic heterocycles. The van der Waals surface area contributed by atoms with Crippen LogP contribution < -0.4 is 5.73 Å². The molecular weight excluding hydrogens is 412 g/mol. The first-order valence-corrected chi connectivity index (χ1v) is 10.5. The summed E-state index contributed by atoms with van der Waals surface area (Å²) in [5.74, 6) is -0.882. The number of rotatable bonds is 6. The van der Waals surface area contributed by atoms with Crippen molar-refractivity contribution < 1.29 is 32.4 Å². The summed E-state index contributed by atoms with van der Waals surface area (Å²) < 4.78 is 36.4. The molecule has 1 aromatic rings. The van der Waals surface area contributed by atoms with E-state index in [1.807, 2.05) is 0 Å². The fourth-order valence-corrected chi connectivity index (χ4v) is 5.13. The third kappa shape index (κ3) is 3.78. The van der Waals surface area contributed by atoms with Crippen LogP contribution in [0, 0.1) is 0 Å². The summed E-state index contributed by atoms with van der Waals surface area (Å²) in [5, 5.41) is 19.1. The molecule has 0 bridgehead atoms. The van der Waals surface area contributed by atoms with Crippen molar-refractivity contribution in [2.45, 2.75) is 22.4 Å². The molecule has 1 unspecified atom stereocenters. The standard InChI is InChI=1S/C10H12N6O7S3/c11-5-6(17)16-7(23-10(18)19)4(1-24-8(5)16)2-25-9-12-13-14-15(9)3-26(20,21)22/h5,8H,1-3,11H2,(H,18,19)(H,20,21,22)/t5?,8-/m0/s1. The molecule has 0 aromatic carbocycles. The van der Waals surface area contributed by atoms with E-state index in [1.54, 1.807) is 0 Å². The Morgan fingerprint density at radius 1 is 1.50 bits per heavy atom. The molecule has 1 amide bonds. The van der Waals surface area contributed by atoms with Gasteiger partial charge in [0, 0.05) is 17.1 Å². The topological polar surface area (TPSA) is 191 Å². The van der Waals surface area contributed by atoms with Crippen LogP contribution in [0.25, 0.3) is 0 Å². The summed E-state index contributed by atoms with van der Waals surface area (Å²) in [6.45, 7) is 0. The summed E-state index contributed by atoms with van der Waals surface area (Å²) in [7, 11) is -4.34. The van der Waals surface area contributed by atoms with Crippen molar-refractivity contribution in [3.8, 4) is 0 Å². The molecule has 0 saturated carbocycles. The minimum absolute atomic E-state index is 0.0866. The SMILES string of the molecule is NC1C(=O)N2C(OC(=O)O)=C(CSc3nnnn3CS(=O)(=O)O)CS[C@@H]12. The molecule has 3 rings (SSSR count). The van der Waals surface area contributed by atoms with Gasteiger partial charge in [0.1, 0.15) is 11.4 Å². The van der Waals surface area contributed by atoms with E-state index in [0.717, 1.165) is 16.4 Å². The molecular formula is C10H12N6O7S3. The maximum Gasteiger partial charge on any atom is 0.512 e. The summed E-state index contributed by atoms with van der Waals surface area (Å²) in [6, 6.07) is -0.719. The maximum atomic E-state index is 11.9. The van der Waals surface area contributed by atoms with E-state index in [-0.39, 0.29) is 16.8 Å². The van der Waals surface area contributed by atoms with Crippen molar-refractivity contribution in [2.24, 2.45) is 5.73 Å². The van der Waals surface area contributed by atoms with Crippen LogP contribution >= 0.6 is 23.5 Å². The molecule has 0 aliphatic carbocycles. The second-order valence-electron chi connectivity index (χ2n) is 5.17. The van der Waals surface area contributed by atoms with E-state index in [2.05, 4.69) is 15.5 Å². The van der Waals surface area contributed by atoms with Crippen molar-refractivity contribution in [3.63, 3.8) is 0 Å². The molecule has 0 spiro atoms. The number of amides is 1. The number of fused-ring (bicyclic) bond motifs is 1. The molecule has 3 heterocycles. The van der Waals surface area contributed by atoms with Gasteiger partial charge in [-0.15, -0.1) is 16.9 Å². The Morgan fingerprint density at radius 2 is 2.23 bits per heavy atom. The predicted octanol–water partition coefficient (Wildman–Crippen LogP) is -1.24. The molecule has 1 fully saturated rings. The second-order valence-corrected chi connectivity index (χ2v) is 8.64. The molecule has 2 aliphatic rings. The fourth-order valence-electron chi connectivity index (χ4n) is 2.29. The van der Waals surface area contributed by atoms with Crippen LogP contribution in [0.1, 0.15) is 0 Å².